The topological polar surface area (TPSA) is 26.0 Å². The monoisotopic (exact) mass is 249 g/mol. The van der Waals surface area contributed by atoms with Gasteiger partial charge in [-0.2, -0.15) is 0 Å². The van der Waals surface area contributed by atoms with E-state index in [0.717, 1.165) is 24.8 Å². The summed E-state index contributed by atoms with van der Waals surface area (Å²) in [6.07, 6.45) is 4.34. The van der Waals surface area contributed by atoms with Crippen molar-refractivity contribution in [3.05, 3.63) is 35.1 Å². The molecular weight excluding hydrogens is 225 g/mol. The maximum atomic E-state index is 13.3. The third-order valence-electron chi connectivity index (χ3n) is 4.37. The highest BCUT2D eigenvalue weighted by atomic mass is 19.1. The van der Waals surface area contributed by atoms with Gasteiger partial charge in [0.15, 0.2) is 0 Å². The first-order valence-electron chi connectivity index (χ1n) is 6.88. The smallest absolute Gasteiger partial charge is 0.123 e. The van der Waals surface area contributed by atoms with Gasteiger partial charge in [0.1, 0.15) is 5.82 Å². The van der Waals surface area contributed by atoms with Crippen LogP contribution in [0.2, 0.25) is 0 Å². The number of benzene rings is 1. The number of hydrogen-bond acceptors (Lipinski definition) is 1. The Balaban J connectivity index is 2.14. The van der Waals surface area contributed by atoms with Crippen LogP contribution >= 0.6 is 0 Å². The summed E-state index contributed by atoms with van der Waals surface area (Å²) in [4.78, 5) is 0. The molecule has 1 aliphatic carbocycles. The van der Waals surface area contributed by atoms with Crippen molar-refractivity contribution in [1.82, 2.24) is 0 Å². The molecule has 0 bridgehead atoms. The fourth-order valence-corrected chi connectivity index (χ4v) is 3.12. The van der Waals surface area contributed by atoms with Crippen molar-refractivity contribution < 1.29 is 4.39 Å². The van der Waals surface area contributed by atoms with E-state index < -0.39 is 0 Å². The van der Waals surface area contributed by atoms with Crippen LogP contribution in [0.5, 0.6) is 0 Å². The van der Waals surface area contributed by atoms with E-state index in [1.165, 1.54) is 18.1 Å². The van der Waals surface area contributed by atoms with Gasteiger partial charge in [0, 0.05) is 6.04 Å². The predicted octanol–water partition coefficient (Wildman–Crippen LogP) is 3.83. The number of hydrogen-bond donors (Lipinski definition) is 1. The molecule has 100 valence electrons. The summed E-state index contributed by atoms with van der Waals surface area (Å²) in [5.41, 5.74) is 8.91. The molecule has 0 radical (unpaired) electrons. The first-order valence-corrected chi connectivity index (χ1v) is 6.88. The van der Waals surface area contributed by atoms with E-state index in [9.17, 15) is 4.39 Å². The van der Waals surface area contributed by atoms with E-state index in [1.807, 2.05) is 13.0 Å². The van der Waals surface area contributed by atoms with E-state index in [0.29, 0.717) is 11.3 Å². The lowest BCUT2D eigenvalue weighted by Gasteiger charge is -2.39. The molecule has 2 atom stereocenters. The molecule has 2 heteroatoms. The van der Waals surface area contributed by atoms with Gasteiger partial charge >= 0.3 is 0 Å². The molecule has 1 aliphatic rings. The average molecular weight is 249 g/mol. The van der Waals surface area contributed by atoms with Crippen LogP contribution in [0.25, 0.3) is 0 Å². The summed E-state index contributed by atoms with van der Waals surface area (Å²) in [6.45, 7) is 6.67. The summed E-state index contributed by atoms with van der Waals surface area (Å²) in [7, 11) is 0. The molecular formula is C16H24FN. The first kappa shape index (κ1) is 13.5. The van der Waals surface area contributed by atoms with Crippen LogP contribution in [-0.4, -0.2) is 6.04 Å². The van der Waals surface area contributed by atoms with Crippen LogP contribution in [0.15, 0.2) is 18.2 Å². The van der Waals surface area contributed by atoms with Gasteiger partial charge in [-0.25, -0.2) is 4.39 Å². The van der Waals surface area contributed by atoms with Gasteiger partial charge in [-0.15, -0.1) is 0 Å². The minimum Gasteiger partial charge on any atom is -0.327 e. The molecule has 2 rings (SSSR count). The third-order valence-corrected chi connectivity index (χ3v) is 4.37. The van der Waals surface area contributed by atoms with Gasteiger partial charge in [-0.05, 0) is 67.2 Å². The number of halogens is 1. The van der Waals surface area contributed by atoms with Crippen LogP contribution in [0.1, 0.15) is 44.2 Å². The molecule has 0 spiro atoms. The van der Waals surface area contributed by atoms with Crippen LogP contribution in [0.4, 0.5) is 4.39 Å². The fraction of sp³-hybridized carbons (Fsp3) is 0.625. The zero-order chi connectivity index (χ0) is 13.3. The van der Waals surface area contributed by atoms with E-state index in [-0.39, 0.29) is 11.9 Å². The number of nitrogens with two attached hydrogens (primary N) is 1. The molecule has 2 N–H and O–H groups in total. The Morgan fingerprint density at radius 3 is 2.83 bits per heavy atom. The van der Waals surface area contributed by atoms with Crippen LogP contribution < -0.4 is 5.73 Å². The second kappa shape index (κ2) is 5.00. The summed E-state index contributed by atoms with van der Waals surface area (Å²) < 4.78 is 13.3. The van der Waals surface area contributed by atoms with E-state index in [1.54, 1.807) is 6.07 Å². The Bertz CT molecular complexity index is 425. The van der Waals surface area contributed by atoms with Gasteiger partial charge in [-0.1, -0.05) is 19.9 Å². The molecule has 1 nitrogen and oxygen atoms in total. The molecule has 1 aromatic carbocycles. The molecule has 1 aromatic rings. The zero-order valence-electron chi connectivity index (χ0n) is 11.7. The maximum Gasteiger partial charge on any atom is 0.123 e. The fourth-order valence-electron chi connectivity index (χ4n) is 3.12. The third kappa shape index (κ3) is 3.11. The number of rotatable bonds is 2. The van der Waals surface area contributed by atoms with E-state index in [4.69, 9.17) is 5.73 Å². The van der Waals surface area contributed by atoms with E-state index >= 15 is 0 Å². The summed E-state index contributed by atoms with van der Waals surface area (Å²) in [5, 5.41) is 0. The molecule has 18 heavy (non-hydrogen) atoms. The molecule has 0 heterocycles. The highest BCUT2D eigenvalue weighted by molar-refractivity contribution is 5.27. The van der Waals surface area contributed by atoms with Crippen molar-refractivity contribution in [3.8, 4) is 0 Å². The second-order valence-electron chi connectivity index (χ2n) is 6.61. The SMILES string of the molecule is Cc1ccc(F)cc1CC1CC(C)(C)CCC1N. The first-order chi connectivity index (χ1) is 8.37. The number of aryl methyl sites for hydroxylation is 1. The Labute approximate surface area is 110 Å². The maximum absolute atomic E-state index is 13.3. The van der Waals surface area contributed by atoms with Crippen molar-refractivity contribution in [2.24, 2.45) is 17.1 Å². The van der Waals surface area contributed by atoms with Gasteiger partial charge in [-0.3, -0.25) is 0 Å². The lowest BCUT2D eigenvalue weighted by Crippen LogP contribution is -2.40. The van der Waals surface area contributed by atoms with Crippen molar-refractivity contribution in [2.45, 2.75) is 52.5 Å². The highest BCUT2D eigenvalue weighted by Crippen LogP contribution is 2.39. The minimum absolute atomic E-state index is 0.140. The van der Waals surface area contributed by atoms with Crippen molar-refractivity contribution >= 4 is 0 Å². The summed E-state index contributed by atoms with van der Waals surface area (Å²) in [5.74, 6) is 0.341. The van der Waals surface area contributed by atoms with E-state index in [2.05, 4.69) is 13.8 Å². The largest absolute Gasteiger partial charge is 0.327 e. The van der Waals surface area contributed by atoms with Crippen LogP contribution in [-0.2, 0) is 6.42 Å². The quantitative estimate of drug-likeness (QED) is 0.847. The standard InChI is InChI=1S/C16H24FN/c1-11-4-5-14(17)9-12(11)8-13-10-16(2,3)7-6-15(13)18/h4-5,9,13,15H,6-8,10,18H2,1-3H3. The lowest BCUT2D eigenvalue weighted by molar-refractivity contribution is 0.157. The molecule has 2 unspecified atom stereocenters. The Morgan fingerprint density at radius 2 is 2.11 bits per heavy atom. The van der Waals surface area contributed by atoms with Gasteiger partial charge in [0.25, 0.3) is 0 Å². The van der Waals surface area contributed by atoms with Crippen LogP contribution in [0.3, 0.4) is 0 Å². The van der Waals surface area contributed by atoms with Crippen molar-refractivity contribution in [3.63, 3.8) is 0 Å². The highest BCUT2D eigenvalue weighted by Gasteiger charge is 2.33. The Morgan fingerprint density at radius 1 is 1.39 bits per heavy atom. The second-order valence-corrected chi connectivity index (χ2v) is 6.61. The molecule has 0 aliphatic heterocycles. The molecule has 0 saturated heterocycles. The summed E-state index contributed by atoms with van der Waals surface area (Å²) >= 11 is 0. The normalized spacial score (nSPS) is 27.2. The Kier molecular flexibility index (Phi) is 3.76. The van der Waals surface area contributed by atoms with Gasteiger partial charge in [0.05, 0.1) is 0 Å². The van der Waals surface area contributed by atoms with Gasteiger partial charge < -0.3 is 5.73 Å². The average Bonchev–Trinajstić information content (AvgIpc) is 2.28. The molecule has 0 amide bonds. The lowest BCUT2D eigenvalue weighted by atomic mass is 9.68. The summed E-state index contributed by atoms with van der Waals surface area (Å²) in [6, 6.07) is 5.33. The van der Waals surface area contributed by atoms with Crippen LogP contribution in [0, 0.1) is 24.1 Å². The molecule has 1 fully saturated rings. The van der Waals surface area contributed by atoms with Gasteiger partial charge in [0.2, 0.25) is 0 Å². The molecule has 0 aromatic heterocycles. The predicted molar refractivity (Wildman–Crippen MR) is 73.9 cm³/mol. The Hall–Kier alpha value is -0.890. The zero-order valence-corrected chi connectivity index (χ0v) is 11.7. The molecule has 1 saturated carbocycles. The van der Waals surface area contributed by atoms with Crippen molar-refractivity contribution in [1.29, 1.82) is 0 Å². The van der Waals surface area contributed by atoms with Crippen molar-refractivity contribution in [2.75, 3.05) is 0 Å². The minimum atomic E-state index is -0.140.